The fourth-order valence-corrected chi connectivity index (χ4v) is 7.06. The van der Waals surface area contributed by atoms with Crippen molar-refractivity contribution in [2.45, 2.75) is 244 Å². The highest BCUT2D eigenvalue weighted by Crippen LogP contribution is 2.24. The summed E-state index contributed by atoms with van der Waals surface area (Å²) in [7, 11) is 0. The number of ether oxygens (including phenoxy) is 3. The molecule has 0 saturated carbocycles. The second-order valence-corrected chi connectivity index (χ2v) is 14.5. The molecule has 0 aromatic heterocycles. The lowest BCUT2D eigenvalue weighted by atomic mass is 9.99. The minimum absolute atomic E-state index is 0.504. The van der Waals surface area contributed by atoms with Crippen LogP contribution in [-0.2, 0) is 14.2 Å². The van der Waals surface area contributed by atoms with Crippen molar-refractivity contribution in [2.75, 3.05) is 13.2 Å². The van der Waals surface area contributed by atoms with Crippen LogP contribution in [0.15, 0.2) is 0 Å². The summed E-state index contributed by atoms with van der Waals surface area (Å²) in [5.41, 5.74) is 0. The van der Waals surface area contributed by atoms with Crippen LogP contribution in [0.3, 0.4) is 0 Å². The van der Waals surface area contributed by atoms with E-state index < -0.39 is 0 Å². The van der Waals surface area contributed by atoms with Crippen molar-refractivity contribution in [1.82, 2.24) is 0 Å². The minimum Gasteiger partial charge on any atom is -0.378 e. The third-order valence-corrected chi connectivity index (χ3v) is 10.3. The predicted octanol–water partition coefficient (Wildman–Crippen LogP) is 13.1. The van der Waals surface area contributed by atoms with E-state index in [1.54, 1.807) is 0 Å². The molecule has 4 atom stereocenters. The van der Waals surface area contributed by atoms with Crippen molar-refractivity contribution < 1.29 is 14.2 Å². The van der Waals surface area contributed by atoms with Crippen LogP contribution < -0.4 is 0 Å². The smallest absolute Gasteiger partial charge is 0.0597 e. The second kappa shape index (κ2) is 29.3. The van der Waals surface area contributed by atoms with Crippen LogP contribution in [0.1, 0.15) is 219 Å². The lowest BCUT2D eigenvalue weighted by Gasteiger charge is -2.26. The Balaban J connectivity index is 1.63. The molecular weight excluding hydrogens is 528 g/mol. The van der Waals surface area contributed by atoms with E-state index in [1.165, 1.54) is 205 Å². The first-order valence-electron chi connectivity index (χ1n) is 20.2. The number of hydrogen-bond acceptors (Lipinski definition) is 3. The molecule has 2 aliphatic heterocycles. The standard InChI is InChI=1S/C40H78O3/c1-3-5-7-15-23-29-39(31-25-19-13-9-11-17-21-27-37-33-35-41-37)43-40(30-24-16-8-6-4-2)32-26-20-14-10-12-18-22-28-38-34-36-42-38/h37-40H,3-36H2,1-2H3. The average molecular weight is 607 g/mol. The van der Waals surface area contributed by atoms with Gasteiger partial charge < -0.3 is 14.2 Å². The third kappa shape index (κ3) is 22.9. The number of rotatable bonds is 34. The highest BCUT2D eigenvalue weighted by Gasteiger charge is 2.18. The van der Waals surface area contributed by atoms with Gasteiger partial charge in [-0.1, -0.05) is 168 Å². The van der Waals surface area contributed by atoms with Gasteiger partial charge in [0, 0.05) is 13.2 Å². The Morgan fingerprint density at radius 2 is 0.698 bits per heavy atom. The summed E-state index contributed by atoms with van der Waals surface area (Å²) in [6, 6.07) is 0. The fourth-order valence-electron chi connectivity index (χ4n) is 7.06. The van der Waals surface area contributed by atoms with Crippen LogP contribution >= 0.6 is 0 Å². The van der Waals surface area contributed by atoms with Crippen molar-refractivity contribution in [3.05, 3.63) is 0 Å². The van der Waals surface area contributed by atoms with Gasteiger partial charge in [-0.2, -0.15) is 0 Å². The van der Waals surface area contributed by atoms with Crippen molar-refractivity contribution in [3.63, 3.8) is 0 Å². The minimum atomic E-state index is 0.504. The first kappa shape index (κ1) is 39.1. The SMILES string of the molecule is CCCCCCCC(CCCCCCCCCC1CCO1)OC(CCCCCCC)CCCCCCCCCC1CCO1. The maximum atomic E-state index is 7.04. The van der Waals surface area contributed by atoms with Crippen LogP contribution in [0.4, 0.5) is 0 Å². The quantitative estimate of drug-likeness (QED) is 0.0682. The third-order valence-electron chi connectivity index (χ3n) is 10.3. The maximum absolute atomic E-state index is 7.04. The van der Waals surface area contributed by atoms with E-state index in [4.69, 9.17) is 14.2 Å². The van der Waals surface area contributed by atoms with Gasteiger partial charge in [0.05, 0.1) is 24.4 Å². The second-order valence-electron chi connectivity index (χ2n) is 14.5. The lowest BCUT2D eigenvalue weighted by Crippen LogP contribution is -2.26. The van der Waals surface area contributed by atoms with Crippen LogP contribution in [-0.4, -0.2) is 37.6 Å². The van der Waals surface area contributed by atoms with E-state index in [1.807, 2.05) is 0 Å². The Morgan fingerprint density at radius 1 is 0.419 bits per heavy atom. The summed E-state index contributed by atoms with van der Waals surface area (Å²) in [5, 5.41) is 0. The van der Waals surface area contributed by atoms with Crippen LogP contribution in [0, 0.1) is 0 Å². The van der Waals surface area contributed by atoms with E-state index in [9.17, 15) is 0 Å². The summed E-state index contributed by atoms with van der Waals surface area (Å²) >= 11 is 0. The predicted molar refractivity (Wildman–Crippen MR) is 187 cm³/mol. The number of unbranched alkanes of at least 4 members (excludes halogenated alkanes) is 20. The Labute approximate surface area is 270 Å². The Hall–Kier alpha value is -0.120. The zero-order valence-corrected chi connectivity index (χ0v) is 29.6. The molecule has 0 aliphatic carbocycles. The van der Waals surface area contributed by atoms with Crippen LogP contribution in [0.25, 0.3) is 0 Å². The number of hydrogen-bond donors (Lipinski definition) is 0. The van der Waals surface area contributed by atoms with Gasteiger partial charge in [0.2, 0.25) is 0 Å². The monoisotopic (exact) mass is 607 g/mol. The first-order valence-corrected chi connectivity index (χ1v) is 20.2. The molecule has 0 aromatic rings. The largest absolute Gasteiger partial charge is 0.378 e. The average Bonchev–Trinajstić information content (AvgIpc) is 2.96. The molecular formula is C40H78O3. The van der Waals surface area contributed by atoms with Gasteiger partial charge in [0.25, 0.3) is 0 Å². The molecule has 4 unspecified atom stereocenters. The lowest BCUT2D eigenvalue weighted by molar-refractivity contribution is -0.0557. The van der Waals surface area contributed by atoms with Gasteiger partial charge in [-0.15, -0.1) is 0 Å². The molecule has 2 aliphatic rings. The molecule has 0 aromatic carbocycles. The highest BCUT2D eigenvalue weighted by atomic mass is 16.5. The molecule has 0 radical (unpaired) electrons. The summed E-state index contributed by atoms with van der Waals surface area (Å²) < 4.78 is 18.2. The summed E-state index contributed by atoms with van der Waals surface area (Å²) in [6.45, 7) is 6.66. The van der Waals surface area contributed by atoms with Crippen molar-refractivity contribution >= 4 is 0 Å². The molecule has 0 bridgehead atoms. The molecule has 3 nitrogen and oxygen atoms in total. The molecule has 0 N–H and O–H groups in total. The molecule has 2 heterocycles. The molecule has 2 fully saturated rings. The summed E-state index contributed by atoms with van der Waals surface area (Å²) in [6.07, 6.45) is 46.0. The zero-order valence-electron chi connectivity index (χ0n) is 29.6. The van der Waals surface area contributed by atoms with Gasteiger partial charge in [0.15, 0.2) is 0 Å². The molecule has 43 heavy (non-hydrogen) atoms. The first-order chi connectivity index (χ1) is 21.3. The molecule has 256 valence electrons. The Kier molecular flexibility index (Phi) is 26.6. The van der Waals surface area contributed by atoms with Gasteiger partial charge >= 0.3 is 0 Å². The van der Waals surface area contributed by atoms with Crippen LogP contribution in [0.5, 0.6) is 0 Å². The molecule has 0 amide bonds. The topological polar surface area (TPSA) is 27.7 Å². The molecule has 2 rings (SSSR count). The van der Waals surface area contributed by atoms with Gasteiger partial charge in [-0.3, -0.25) is 0 Å². The van der Waals surface area contributed by atoms with Crippen molar-refractivity contribution in [2.24, 2.45) is 0 Å². The molecule has 3 heteroatoms. The van der Waals surface area contributed by atoms with E-state index >= 15 is 0 Å². The normalized spacial score (nSPS) is 19.7. The zero-order chi connectivity index (χ0) is 30.5. The Morgan fingerprint density at radius 3 is 0.977 bits per heavy atom. The van der Waals surface area contributed by atoms with E-state index in [2.05, 4.69) is 13.8 Å². The fraction of sp³-hybridized carbons (Fsp3) is 1.00. The Bertz CT molecular complexity index is 510. The van der Waals surface area contributed by atoms with Gasteiger partial charge in [0.1, 0.15) is 0 Å². The summed E-state index contributed by atoms with van der Waals surface area (Å²) in [5.74, 6) is 0. The van der Waals surface area contributed by atoms with Crippen LogP contribution in [0.2, 0.25) is 0 Å². The summed E-state index contributed by atoms with van der Waals surface area (Å²) in [4.78, 5) is 0. The van der Waals surface area contributed by atoms with Gasteiger partial charge in [-0.05, 0) is 51.4 Å². The maximum Gasteiger partial charge on any atom is 0.0597 e. The highest BCUT2D eigenvalue weighted by molar-refractivity contribution is 4.69. The van der Waals surface area contributed by atoms with Crippen molar-refractivity contribution in [1.29, 1.82) is 0 Å². The van der Waals surface area contributed by atoms with Crippen molar-refractivity contribution in [3.8, 4) is 0 Å². The molecule has 0 spiro atoms. The van der Waals surface area contributed by atoms with Gasteiger partial charge in [-0.25, -0.2) is 0 Å². The van der Waals surface area contributed by atoms with E-state index in [0.29, 0.717) is 24.4 Å². The van der Waals surface area contributed by atoms with E-state index in [-0.39, 0.29) is 0 Å². The molecule has 2 saturated heterocycles. The van der Waals surface area contributed by atoms with E-state index in [0.717, 1.165) is 13.2 Å².